The normalized spacial score (nSPS) is 14.1. The van der Waals surface area contributed by atoms with Gasteiger partial charge in [0.15, 0.2) is 0 Å². The largest absolute Gasteiger partial charge is 0.393 e. The van der Waals surface area contributed by atoms with E-state index in [-0.39, 0.29) is 22.8 Å². The molecule has 4 aromatic rings. The number of aliphatic hydroxyl groups excluding tert-OH is 1. The molecule has 1 aromatic carbocycles. The van der Waals surface area contributed by atoms with E-state index in [1.54, 1.807) is 18.3 Å². The predicted molar refractivity (Wildman–Crippen MR) is 136 cm³/mol. The Hall–Kier alpha value is -4.31. The number of carbonyl (C=O) groups excluding carboxylic acids is 1. The molecule has 0 radical (unpaired) electrons. The Kier molecular flexibility index (Phi) is 6.34. The molecule has 4 heterocycles. The second kappa shape index (κ2) is 9.74. The van der Waals surface area contributed by atoms with E-state index in [1.807, 2.05) is 12.1 Å². The number of anilines is 3. The first-order chi connectivity index (χ1) is 17.4. The molecule has 0 saturated carbocycles. The molecule has 0 unspecified atom stereocenters. The number of aliphatic hydroxyl groups is 1. The van der Waals surface area contributed by atoms with Crippen molar-refractivity contribution in [3.63, 3.8) is 0 Å². The van der Waals surface area contributed by atoms with Crippen LogP contribution in [0.1, 0.15) is 23.2 Å². The molecule has 0 bridgehead atoms. The standard InChI is InChI=1S/C26H25FN6O3/c1-28-25(35)15-2-4-18(19(27)12-15)21-13-22(24-20(31-21)6-9-29-26(24)36)32-23-5-3-16(14-30-23)33-10-7-17(34)8-11-33/h2-6,9,12-14,17,34H,7-8,10-11H2,1H3,(H,28,35)(H,29,36)(H,30,31,32). The quantitative estimate of drug-likeness (QED) is 0.340. The van der Waals surface area contributed by atoms with Gasteiger partial charge in [0.05, 0.1) is 40.3 Å². The van der Waals surface area contributed by atoms with Crippen LogP contribution in [0, 0.1) is 5.82 Å². The molecule has 0 spiro atoms. The molecule has 1 amide bonds. The number of hydrogen-bond acceptors (Lipinski definition) is 7. The number of H-pyrrole nitrogens is 1. The summed E-state index contributed by atoms with van der Waals surface area (Å²) in [5, 5.41) is 15.7. The Bertz CT molecular complexity index is 1480. The number of nitrogens with zero attached hydrogens (tertiary/aromatic N) is 3. The SMILES string of the molecule is CNC(=O)c1ccc(-c2cc(Nc3ccc(N4CCC(O)CC4)cn3)c3c(=O)[nH]ccc3n2)c(F)c1. The smallest absolute Gasteiger partial charge is 0.259 e. The number of amides is 1. The summed E-state index contributed by atoms with van der Waals surface area (Å²) in [6.07, 6.45) is 4.40. The number of aromatic nitrogens is 3. The minimum absolute atomic E-state index is 0.196. The maximum atomic E-state index is 15.0. The number of piperidine rings is 1. The number of nitrogens with one attached hydrogen (secondary N) is 3. The fraction of sp³-hybridized carbons (Fsp3) is 0.231. The van der Waals surface area contributed by atoms with Gasteiger partial charge in [0.1, 0.15) is 11.6 Å². The van der Waals surface area contributed by atoms with Crippen molar-refractivity contribution >= 4 is 34.0 Å². The molecular formula is C26H25FN6O3. The van der Waals surface area contributed by atoms with E-state index < -0.39 is 11.7 Å². The molecule has 1 aliphatic heterocycles. The van der Waals surface area contributed by atoms with Gasteiger partial charge in [0.2, 0.25) is 0 Å². The summed E-state index contributed by atoms with van der Waals surface area (Å²) in [5.41, 5.74) is 2.12. The van der Waals surface area contributed by atoms with E-state index >= 15 is 0 Å². The number of rotatable bonds is 5. The van der Waals surface area contributed by atoms with Gasteiger partial charge in [-0.3, -0.25) is 9.59 Å². The maximum Gasteiger partial charge on any atom is 0.259 e. The Morgan fingerprint density at radius 2 is 1.97 bits per heavy atom. The van der Waals surface area contributed by atoms with Crippen LogP contribution in [0.15, 0.2) is 59.7 Å². The number of fused-ring (bicyclic) bond motifs is 1. The lowest BCUT2D eigenvalue weighted by Crippen LogP contribution is -2.35. The monoisotopic (exact) mass is 488 g/mol. The molecule has 5 rings (SSSR count). The van der Waals surface area contributed by atoms with Crippen LogP contribution in [0.4, 0.5) is 21.6 Å². The van der Waals surface area contributed by atoms with Crippen LogP contribution < -0.4 is 21.1 Å². The highest BCUT2D eigenvalue weighted by Gasteiger charge is 2.18. The predicted octanol–water partition coefficient (Wildman–Crippen LogP) is 3.19. The zero-order valence-electron chi connectivity index (χ0n) is 19.6. The molecule has 1 aliphatic rings. The van der Waals surface area contributed by atoms with Crippen molar-refractivity contribution < 1.29 is 14.3 Å². The number of aromatic amines is 1. The summed E-state index contributed by atoms with van der Waals surface area (Å²) in [5.74, 6) is -0.489. The van der Waals surface area contributed by atoms with E-state index in [1.165, 1.54) is 25.4 Å². The zero-order chi connectivity index (χ0) is 25.2. The molecule has 0 aliphatic carbocycles. The van der Waals surface area contributed by atoms with Crippen LogP contribution >= 0.6 is 0 Å². The van der Waals surface area contributed by atoms with Crippen molar-refractivity contribution in [3.8, 4) is 11.3 Å². The highest BCUT2D eigenvalue weighted by atomic mass is 19.1. The van der Waals surface area contributed by atoms with E-state index in [0.717, 1.165) is 37.7 Å². The number of pyridine rings is 3. The average molecular weight is 489 g/mol. The third kappa shape index (κ3) is 4.63. The number of hydrogen-bond donors (Lipinski definition) is 4. The van der Waals surface area contributed by atoms with Crippen LogP contribution in [0.3, 0.4) is 0 Å². The first-order valence-electron chi connectivity index (χ1n) is 11.6. The Labute approximate surface area is 206 Å². The number of benzene rings is 1. The molecule has 184 valence electrons. The summed E-state index contributed by atoms with van der Waals surface area (Å²) >= 11 is 0. The van der Waals surface area contributed by atoms with Gasteiger partial charge in [0, 0.05) is 37.5 Å². The molecule has 3 aromatic heterocycles. The topological polar surface area (TPSA) is 123 Å². The first-order valence-corrected chi connectivity index (χ1v) is 11.6. The summed E-state index contributed by atoms with van der Waals surface area (Å²) in [6.45, 7) is 1.52. The number of carbonyl (C=O) groups is 1. The zero-order valence-corrected chi connectivity index (χ0v) is 19.6. The van der Waals surface area contributed by atoms with Crippen molar-refractivity contribution in [1.82, 2.24) is 20.3 Å². The van der Waals surface area contributed by atoms with Gasteiger partial charge >= 0.3 is 0 Å². The highest BCUT2D eigenvalue weighted by Crippen LogP contribution is 2.30. The molecule has 1 fully saturated rings. The molecule has 4 N–H and O–H groups in total. The van der Waals surface area contributed by atoms with Crippen LogP contribution in [0.5, 0.6) is 0 Å². The van der Waals surface area contributed by atoms with Gasteiger partial charge in [-0.05, 0) is 55.3 Å². The van der Waals surface area contributed by atoms with E-state index in [0.29, 0.717) is 28.1 Å². The third-order valence-corrected chi connectivity index (χ3v) is 6.30. The van der Waals surface area contributed by atoms with E-state index in [2.05, 4.69) is 30.5 Å². The average Bonchev–Trinajstić information content (AvgIpc) is 2.89. The van der Waals surface area contributed by atoms with Crippen LogP contribution in [-0.4, -0.2) is 52.2 Å². The third-order valence-electron chi connectivity index (χ3n) is 6.30. The minimum Gasteiger partial charge on any atom is -0.393 e. The first kappa shape index (κ1) is 23.4. The molecule has 0 atom stereocenters. The lowest BCUT2D eigenvalue weighted by molar-refractivity contribution is 0.0962. The second-order valence-corrected chi connectivity index (χ2v) is 8.64. The fourth-order valence-electron chi connectivity index (χ4n) is 4.35. The van der Waals surface area contributed by atoms with E-state index in [4.69, 9.17) is 0 Å². The second-order valence-electron chi connectivity index (χ2n) is 8.64. The van der Waals surface area contributed by atoms with Gasteiger partial charge in [-0.15, -0.1) is 0 Å². The van der Waals surface area contributed by atoms with Crippen molar-refractivity contribution in [2.24, 2.45) is 0 Å². The van der Waals surface area contributed by atoms with Crippen molar-refractivity contribution in [2.75, 3.05) is 30.4 Å². The van der Waals surface area contributed by atoms with Crippen LogP contribution in [0.25, 0.3) is 22.2 Å². The van der Waals surface area contributed by atoms with Crippen LogP contribution in [0.2, 0.25) is 0 Å². The molecule has 36 heavy (non-hydrogen) atoms. The van der Waals surface area contributed by atoms with Gasteiger partial charge < -0.3 is 25.6 Å². The lowest BCUT2D eigenvalue weighted by Gasteiger charge is -2.31. The Morgan fingerprint density at radius 1 is 1.17 bits per heavy atom. The van der Waals surface area contributed by atoms with Crippen molar-refractivity contribution in [3.05, 3.63) is 76.6 Å². The molecule has 1 saturated heterocycles. The van der Waals surface area contributed by atoms with Crippen molar-refractivity contribution in [2.45, 2.75) is 18.9 Å². The van der Waals surface area contributed by atoms with Gasteiger partial charge in [-0.1, -0.05) is 0 Å². The lowest BCUT2D eigenvalue weighted by atomic mass is 10.1. The summed E-state index contributed by atoms with van der Waals surface area (Å²) < 4.78 is 15.0. The van der Waals surface area contributed by atoms with E-state index in [9.17, 15) is 19.1 Å². The van der Waals surface area contributed by atoms with Gasteiger partial charge in [-0.25, -0.2) is 14.4 Å². The molecule has 10 heteroatoms. The summed E-state index contributed by atoms with van der Waals surface area (Å²) in [4.78, 5) is 38.3. The molecule has 9 nitrogen and oxygen atoms in total. The summed E-state index contributed by atoms with van der Waals surface area (Å²) in [7, 11) is 1.48. The minimum atomic E-state index is -0.604. The van der Waals surface area contributed by atoms with Gasteiger partial charge in [0.25, 0.3) is 11.5 Å². The number of halogens is 1. The summed E-state index contributed by atoms with van der Waals surface area (Å²) in [6, 6.07) is 11.1. The fourth-order valence-corrected chi connectivity index (χ4v) is 4.35. The Balaban J connectivity index is 1.50. The Morgan fingerprint density at radius 3 is 2.67 bits per heavy atom. The highest BCUT2D eigenvalue weighted by molar-refractivity contribution is 5.96. The van der Waals surface area contributed by atoms with Gasteiger partial charge in [-0.2, -0.15) is 0 Å². The maximum absolute atomic E-state index is 15.0. The van der Waals surface area contributed by atoms with Crippen LogP contribution in [-0.2, 0) is 0 Å². The molecular weight excluding hydrogens is 463 g/mol. The van der Waals surface area contributed by atoms with Crippen molar-refractivity contribution in [1.29, 1.82) is 0 Å².